The Kier molecular flexibility index (Phi) is 7.90. The first kappa shape index (κ1) is 24.9. The molecule has 0 radical (unpaired) electrons. The lowest BCUT2D eigenvalue weighted by Crippen LogP contribution is -2.47. The highest BCUT2D eigenvalue weighted by atomic mass is 16.5. The minimum Gasteiger partial charge on any atom is -0.493 e. The van der Waals surface area contributed by atoms with Crippen LogP contribution in [0.2, 0.25) is 0 Å². The summed E-state index contributed by atoms with van der Waals surface area (Å²) >= 11 is 0. The van der Waals surface area contributed by atoms with Gasteiger partial charge >= 0.3 is 12.0 Å². The van der Waals surface area contributed by atoms with Gasteiger partial charge in [0.25, 0.3) is 0 Å². The van der Waals surface area contributed by atoms with Crippen molar-refractivity contribution in [1.29, 1.82) is 0 Å². The van der Waals surface area contributed by atoms with Crippen LogP contribution in [0.5, 0.6) is 11.5 Å². The summed E-state index contributed by atoms with van der Waals surface area (Å²) < 4.78 is 16.9. The van der Waals surface area contributed by atoms with Gasteiger partial charge in [-0.05, 0) is 42.7 Å². The van der Waals surface area contributed by atoms with Gasteiger partial charge in [-0.15, -0.1) is 0 Å². The molecule has 3 aromatic carbocycles. The van der Waals surface area contributed by atoms with Crippen molar-refractivity contribution in [2.24, 2.45) is 0 Å². The first-order valence-corrected chi connectivity index (χ1v) is 11.9. The molecule has 2 amide bonds. The molecule has 0 bridgehead atoms. The molecule has 0 spiro atoms. The summed E-state index contributed by atoms with van der Waals surface area (Å²) in [6, 6.07) is 23.9. The maximum absolute atomic E-state index is 13.2. The van der Waals surface area contributed by atoms with Crippen LogP contribution in [0.15, 0.2) is 90.1 Å². The summed E-state index contributed by atoms with van der Waals surface area (Å²) in [4.78, 5) is 27.8. The van der Waals surface area contributed by atoms with Gasteiger partial charge in [-0.1, -0.05) is 66.7 Å². The Balaban J connectivity index is 1.65. The van der Waals surface area contributed by atoms with Crippen molar-refractivity contribution in [1.82, 2.24) is 10.2 Å². The number of amides is 2. The summed E-state index contributed by atoms with van der Waals surface area (Å²) in [6.07, 6.45) is 0. The third-order valence-electron chi connectivity index (χ3n) is 6.03. The fourth-order valence-electron chi connectivity index (χ4n) is 4.18. The largest absolute Gasteiger partial charge is 0.493 e. The monoisotopic (exact) mass is 486 g/mol. The van der Waals surface area contributed by atoms with Crippen LogP contribution in [0.4, 0.5) is 4.79 Å². The molecule has 36 heavy (non-hydrogen) atoms. The van der Waals surface area contributed by atoms with Crippen LogP contribution in [0, 0.1) is 0 Å². The molecule has 0 aromatic heterocycles. The third-order valence-corrected chi connectivity index (χ3v) is 6.03. The number of benzene rings is 3. The minimum atomic E-state index is -0.694. The molecular weight excluding hydrogens is 456 g/mol. The topological polar surface area (TPSA) is 77.1 Å². The van der Waals surface area contributed by atoms with E-state index in [1.807, 2.05) is 66.7 Å². The Labute approximate surface area is 211 Å². The number of ether oxygens (including phenoxy) is 3. The fourth-order valence-corrected chi connectivity index (χ4v) is 4.18. The van der Waals surface area contributed by atoms with Crippen molar-refractivity contribution in [3.63, 3.8) is 0 Å². The van der Waals surface area contributed by atoms with Crippen LogP contribution in [0.25, 0.3) is 0 Å². The second-order valence-corrected chi connectivity index (χ2v) is 8.36. The molecule has 0 fully saturated rings. The Morgan fingerprint density at radius 3 is 2.25 bits per heavy atom. The van der Waals surface area contributed by atoms with Crippen LogP contribution in [-0.2, 0) is 22.7 Å². The third kappa shape index (κ3) is 5.51. The van der Waals surface area contributed by atoms with E-state index in [-0.39, 0.29) is 12.6 Å². The number of methoxy groups -OCH3 is 1. The van der Waals surface area contributed by atoms with Gasteiger partial charge in [0.15, 0.2) is 11.5 Å². The van der Waals surface area contributed by atoms with E-state index in [9.17, 15) is 9.59 Å². The lowest BCUT2D eigenvalue weighted by molar-refractivity contribution is -0.139. The maximum Gasteiger partial charge on any atom is 0.338 e. The smallest absolute Gasteiger partial charge is 0.338 e. The van der Waals surface area contributed by atoms with Gasteiger partial charge in [0.2, 0.25) is 0 Å². The van der Waals surface area contributed by atoms with Crippen LogP contribution >= 0.6 is 0 Å². The van der Waals surface area contributed by atoms with Crippen molar-refractivity contribution in [3.05, 3.63) is 107 Å². The summed E-state index contributed by atoms with van der Waals surface area (Å²) in [5, 5.41) is 2.98. The molecule has 0 aliphatic carbocycles. The van der Waals surface area contributed by atoms with Gasteiger partial charge in [0.05, 0.1) is 31.9 Å². The summed E-state index contributed by atoms with van der Waals surface area (Å²) in [5.41, 5.74) is 3.61. The first-order chi connectivity index (χ1) is 17.5. The Morgan fingerprint density at radius 2 is 1.61 bits per heavy atom. The number of allylic oxidation sites excluding steroid dienone is 1. The highest BCUT2D eigenvalue weighted by Gasteiger charge is 2.36. The van der Waals surface area contributed by atoms with Crippen molar-refractivity contribution in [3.8, 4) is 11.5 Å². The molecule has 0 saturated heterocycles. The fraction of sp³-hybridized carbons (Fsp3) is 0.241. The molecule has 1 N–H and O–H groups in total. The van der Waals surface area contributed by atoms with Crippen molar-refractivity contribution in [2.75, 3.05) is 13.7 Å². The number of urea groups is 1. The normalized spacial score (nSPS) is 15.4. The van der Waals surface area contributed by atoms with Crippen molar-refractivity contribution in [2.45, 2.75) is 33.0 Å². The van der Waals surface area contributed by atoms with E-state index in [1.165, 1.54) is 0 Å². The quantitative estimate of drug-likeness (QED) is 0.411. The minimum absolute atomic E-state index is 0.227. The SMILES string of the molecule is CCOC(=O)C1=C(C)N(Cc2ccccc2)C(=O)N[C@H]1c1ccc(OCc2ccccc2)c(OC)c1. The first-order valence-electron chi connectivity index (χ1n) is 11.9. The number of hydrogen-bond donors (Lipinski definition) is 1. The average molecular weight is 487 g/mol. The van der Waals surface area contributed by atoms with Crippen LogP contribution in [0.1, 0.15) is 36.6 Å². The van der Waals surface area contributed by atoms with E-state index in [1.54, 1.807) is 38.0 Å². The zero-order valence-corrected chi connectivity index (χ0v) is 20.7. The van der Waals surface area contributed by atoms with Crippen molar-refractivity contribution < 1.29 is 23.8 Å². The molecule has 0 saturated carbocycles. The van der Waals surface area contributed by atoms with Crippen molar-refractivity contribution >= 4 is 12.0 Å². The zero-order chi connectivity index (χ0) is 25.5. The number of carbonyl (C=O) groups is 2. The van der Waals surface area contributed by atoms with E-state index in [0.29, 0.717) is 41.5 Å². The number of nitrogens with one attached hydrogen (secondary N) is 1. The lowest BCUT2D eigenvalue weighted by atomic mass is 9.94. The molecule has 1 aliphatic rings. The second-order valence-electron chi connectivity index (χ2n) is 8.36. The molecule has 1 atom stereocenters. The predicted octanol–water partition coefficient (Wildman–Crippen LogP) is 5.38. The van der Waals surface area contributed by atoms with Gasteiger partial charge in [-0.2, -0.15) is 0 Å². The molecule has 1 aliphatic heterocycles. The van der Waals surface area contributed by atoms with E-state index in [2.05, 4.69) is 5.32 Å². The van der Waals surface area contributed by atoms with Gasteiger partial charge in [0, 0.05) is 5.70 Å². The molecule has 186 valence electrons. The zero-order valence-electron chi connectivity index (χ0n) is 20.7. The van der Waals surface area contributed by atoms with Gasteiger partial charge < -0.3 is 19.5 Å². The number of carbonyl (C=O) groups excluding carboxylic acids is 2. The highest BCUT2D eigenvalue weighted by molar-refractivity contribution is 5.95. The highest BCUT2D eigenvalue weighted by Crippen LogP contribution is 2.37. The molecule has 7 nitrogen and oxygen atoms in total. The van der Waals surface area contributed by atoms with Crippen LogP contribution < -0.4 is 14.8 Å². The number of nitrogens with zero attached hydrogens (tertiary/aromatic N) is 1. The van der Waals surface area contributed by atoms with E-state index >= 15 is 0 Å². The number of esters is 1. The Bertz CT molecular complexity index is 1240. The molecule has 0 unspecified atom stereocenters. The molecule has 4 rings (SSSR count). The molecule has 7 heteroatoms. The molecular formula is C29H30N2O5. The standard InChI is InChI=1S/C29H30N2O5/c1-4-35-28(32)26-20(2)31(18-21-11-7-5-8-12-21)29(33)30-27(26)23-15-16-24(25(17-23)34-3)36-19-22-13-9-6-10-14-22/h5-17,27H,4,18-19H2,1-3H3,(H,30,33)/t27-/m0/s1. The van der Waals surface area contributed by atoms with Gasteiger partial charge in [-0.25, -0.2) is 9.59 Å². The van der Waals surface area contributed by atoms with E-state index < -0.39 is 12.0 Å². The Hall–Kier alpha value is -4.26. The number of rotatable bonds is 9. The lowest BCUT2D eigenvalue weighted by Gasteiger charge is -2.35. The van der Waals surface area contributed by atoms with Crippen LogP contribution in [-0.4, -0.2) is 30.6 Å². The Morgan fingerprint density at radius 1 is 0.944 bits per heavy atom. The van der Waals surface area contributed by atoms with Gasteiger partial charge in [0.1, 0.15) is 6.61 Å². The maximum atomic E-state index is 13.2. The van der Waals surface area contributed by atoms with E-state index in [0.717, 1.165) is 11.1 Å². The molecule has 1 heterocycles. The average Bonchev–Trinajstić information content (AvgIpc) is 2.90. The summed E-state index contributed by atoms with van der Waals surface area (Å²) in [6.45, 7) is 4.48. The second kappa shape index (κ2) is 11.4. The summed E-state index contributed by atoms with van der Waals surface area (Å²) in [5.74, 6) is 0.600. The molecule has 3 aromatic rings. The summed E-state index contributed by atoms with van der Waals surface area (Å²) in [7, 11) is 1.56. The van der Waals surface area contributed by atoms with E-state index in [4.69, 9.17) is 14.2 Å². The van der Waals surface area contributed by atoms with Crippen LogP contribution in [0.3, 0.4) is 0 Å². The van der Waals surface area contributed by atoms with Gasteiger partial charge in [-0.3, -0.25) is 4.90 Å². The predicted molar refractivity (Wildman–Crippen MR) is 136 cm³/mol. The number of hydrogen-bond acceptors (Lipinski definition) is 5.